The first kappa shape index (κ1) is 20.2. The van der Waals surface area contributed by atoms with E-state index in [4.69, 9.17) is 32.9 Å². The maximum Gasteiger partial charge on any atom is 0.207 e. The molecule has 0 aliphatic carbocycles. The van der Waals surface area contributed by atoms with Gasteiger partial charge in [-0.05, 0) is 24.3 Å². The van der Waals surface area contributed by atoms with Crippen LogP contribution in [0, 0.1) is 0 Å². The molecule has 0 unspecified atom stereocenters. The third kappa shape index (κ3) is 3.61. The van der Waals surface area contributed by atoms with E-state index in [1.165, 1.54) is 14.2 Å². The van der Waals surface area contributed by atoms with Gasteiger partial charge in [0.25, 0.3) is 0 Å². The predicted octanol–water partition coefficient (Wildman–Crippen LogP) is 4.06. The molecule has 0 saturated heterocycles. The summed E-state index contributed by atoms with van der Waals surface area (Å²) in [6.07, 6.45) is 0. The van der Waals surface area contributed by atoms with Gasteiger partial charge in [-0.15, -0.1) is 0 Å². The Balaban J connectivity index is 2.11. The molecule has 8 nitrogen and oxygen atoms in total. The lowest BCUT2D eigenvalue weighted by molar-refractivity contribution is 0.306. The van der Waals surface area contributed by atoms with Gasteiger partial charge in [0.15, 0.2) is 28.8 Å². The molecule has 0 aliphatic heterocycles. The molecule has 0 radical (unpaired) electrons. The summed E-state index contributed by atoms with van der Waals surface area (Å²) < 4.78 is 38.1. The summed E-state index contributed by atoms with van der Waals surface area (Å²) >= 11 is 0. The van der Waals surface area contributed by atoms with Gasteiger partial charge >= 0.3 is 0 Å². The molecule has 3 aromatic rings. The van der Waals surface area contributed by atoms with Crippen LogP contribution in [0.3, 0.4) is 0 Å². The SMILES string of the molecule is COc1ccc(-c2cc(-c3cc(OC)c(OC)c(OC)c3OC)no2)cc1OC. The smallest absolute Gasteiger partial charge is 0.207 e. The first-order valence-corrected chi connectivity index (χ1v) is 8.68. The summed E-state index contributed by atoms with van der Waals surface area (Å²) in [5, 5.41) is 4.20. The van der Waals surface area contributed by atoms with Crippen molar-refractivity contribution >= 4 is 0 Å². The van der Waals surface area contributed by atoms with Crippen LogP contribution in [-0.4, -0.2) is 47.8 Å². The van der Waals surface area contributed by atoms with Gasteiger partial charge in [-0.2, -0.15) is 0 Å². The van der Waals surface area contributed by atoms with E-state index in [1.807, 2.05) is 12.1 Å². The molecule has 1 heterocycles. The molecule has 3 rings (SSSR count). The zero-order valence-corrected chi connectivity index (χ0v) is 17.2. The van der Waals surface area contributed by atoms with Gasteiger partial charge in [-0.25, -0.2) is 0 Å². The highest BCUT2D eigenvalue weighted by Gasteiger charge is 2.24. The Morgan fingerprint density at radius 2 is 1.28 bits per heavy atom. The van der Waals surface area contributed by atoms with E-state index in [9.17, 15) is 0 Å². The lowest BCUT2D eigenvalue weighted by Crippen LogP contribution is -1.99. The summed E-state index contributed by atoms with van der Waals surface area (Å²) in [4.78, 5) is 0. The van der Waals surface area contributed by atoms with Crippen molar-refractivity contribution < 1.29 is 32.9 Å². The van der Waals surface area contributed by atoms with E-state index in [0.717, 1.165) is 5.56 Å². The average molecular weight is 401 g/mol. The molecule has 0 N–H and O–H groups in total. The van der Waals surface area contributed by atoms with E-state index in [2.05, 4.69) is 5.16 Å². The van der Waals surface area contributed by atoms with Crippen molar-refractivity contribution in [3.8, 4) is 57.1 Å². The molecule has 1 aromatic heterocycles. The summed E-state index contributed by atoms with van der Waals surface area (Å²) in [5.41, 5.74) is 1.97. The lowest BCUT2D eigenvalue weighted by atomic mass is 10.1. The highest BCUT2D eigenvalue weighted by molar-refractivity contribution is 5.79. The minimum atomic E-state index is 0.403. The van der Waals surface area contributed by atoms with Crippen molar-refractivity contribution in [2.24, 2.45) is 0 Å². The fourth-order valence-electron chi connectivity index (χ4n) is 3.05. The van der Waals surface area contributed by atoms with Gasteiger partial charge in [0.2, 0.25) is 11.5 Å². The third-order valence-electron chi connectivity index (χ3n) is 4.44. The van der Waals surface area contributed by atoms with Crippen LogP contribution in [0.2, 0.25) is 0 Å². The van der Waals surface area contributed by atoms with Crippen molar-refractivity contribution in [3.05, 3.63) is 30.3 Å². The van der Waals surface area contributed by atoms with Crippen LogP contribution in [0.5, 0.6) is 34.5 Å². The number of hydrogen-bond acceptors (Lipinski definition) is 8. The summed E-state index contributed by atoms with van der Waals surface area (Å²) in [7, 11) is 9.31. The topological polar surface area (TPSA) is 81.4 Å². The van der Waals surface area contributed by atoms with E-state index in [0.29, 0.717) is 51.5 Å². The van der Waals surface area contributed by atoms with E-state index < -0.39 is 0 Å². The van der Waals surface area contributed by atoms with Gasteiger partial charge in [-0.3, -0.25) is 0 Å². The van der Waals surface area contributed by atoms with Gasteiger partial charge in [-0.1, -0.05) is 5.16 Å². The van der Waals surface area contributed by atoms with Gasteiger partial charge in [0.1, 0.15) is 5.69 Å². The van der Waals surface area contributed by atoms with E-state index in [-0.39, 0.29) is 0 Å². The largest absolute Gasteiger partial charge is 0.493 e. The molecular formula is C21H23NO7. The maximum atomic E-state index is 5.57. The lowest BCUT2D eigenvalue weighted by Gasteiger charge is -2.17. The normalized spacial score (nSPS) is 10.4. The Kier molecular flexibility index (Phi) is 6.01. The molecule has 0 fully saturated rings. The molecule has 0 saturated carbocycles. The number of aromatic nitrogens is 1. The standard InChI is InChI=1S/C21H23NO7/c1-23-15-8-7-12(9-17(15)24-2)16-11-14(22-29-16)13-10-18(25-3)20(27-5)21(28-6)19(13)26-4/h7-11H,1-6H3. The molecule has 29 heavy (non-hydrogen) atoms. The Bertz CT molecular complexity index is 997. The first-order chi connectivity index (χ1) is 14.1. The minimum absolute atomic E-state index is 0.403. The van der Waals surface area contributed by atoms with Gasteiger partial charge in [0.05, 0.1) is 48.2 Å². The zero-order chi connectivity index (χ0) is 21.0. The third-order valence-corrected chi connectivity index (χ3v) is 4.44. The van der Waals surface area contributed by atoms with Crippen LogP contribution in [-0.2, 0) is 0 Å². The number of benzene rings is 2. The number of nitrogens with zero attached hydrogens (tertiary/aromatic N) is 1. The number of hydrogen-bond donors (Lipinski definition) is 0. The number of rotatable bonds is 8. The molecule has 0 atom stereocenters. The van der Waals surface area contributed by atoms with Gasteiger partial charge in [0, 0.05) is 11.6 Å². The predicted molar refractivity (Wildman–Crippen MR) is 107 cm³/mol. The van der Waals surface area contributed by atoms with Crippen LogP contribution in [0.25, 0.3) is 22.6 Å². The summed E-state index contributed by atoms with van der Waals surface area (Å²) in [6.45, 7) is 0. The summed E-state index contributed by atoms with van der Waals surface area (Å²) in [5.74, 6) is 3.54. The molecule has 0 bridgehead atoms. The first-order valence-electron chi connectivity index (χ1n) is 8.68. The number of ether oxygens (including phenoxy) is 6. The fraction of sp³-hybridized carbons (Fsp3) is 0.286. The van der Waals surface area contributed by atoms with Gasteiger partial charge < -0.3 is 32.9 Å². The van der Waals surface area contributed by atoms with Crippen molar-refractivity contribution in [2.45, 2.75) is 0 Å². The van der Waals surface area contributed by atoms with Crippen molar-refractivity contribution in [1.29, 1.82) is 0 Å². The minimum Gasteiger partial charge on any atom is -0.493 e. The second kappa shape index (κ2) is 8.64. The monoisotopic (exact) mass is 401 g/mol. The molecule has 0 amide bonds. The Labute approximate surface area is 168 Å². The van der Waals surface area contributed by atoms with E-state index >= 15 is 0 Å². The molecule has 0 spiro atoms. The Hall–Kier alpha value is -3.55. The van der Waals surface area contributed by atoms with Crippen molar-refractivity contribution in [2.75, 3.05) is 42.7 Å². The van der Waals surface area contributed by atoms with Crippen molar-refractivity contribution in [3.63, 3.8) is 0 Å². The van der Waals surface area contributed by atoms with Crippen LogP contribution in [0.4, 0.5) is 0 Å². The van der Waals surface area contributed by atoms with Crippen LogP contribution >= 0.6 is 0 Å². The second-order valence-electron chi connectivity index (χ2n) is 5.87. The Morgan fingerprint density at radius 3 is 1.86 bits per heavy atom. The van der Waals surface area contributed by atoms with Crippen LogP contribution in [0.15, 0.2) is 34.9 Å². The van der Waals surface area contributed by atoms with Crippen molar-refractivity contribution in [1.82, 2.24) is 5.16 Å². The number of methoxy groups -OCH3 is 6. The van der Waals surface area contributed by atoms with E-state index in [1.54, 1.807) is 46.6 Å². The fourth-order valence-corrected chi connectivity index (χ4v) is 3.05. The molecule has 154 valence electrons. The molecule has 8 heteroatoms. The zero-order valence-electron chi connectivity index (χ0n) is 17.2. The molecule has 2 aromatic carbocycles. The maximum absolute atomic E-state index is 5.57. The average Bonchev–Trinajstić information content (AvgIpc) is 3.26. The van der Waals surface area contributed by atoms with Crippen LogP contribution < -0.4 is 28.4 Å². The molecular weight excluding hydrogens is 378 g/mol. The quantitative estimate of drug-likeness (QED) is 0.559. The highest BCUT2D eigenvalue weighted by Crippen LogP contribution is 2.50. The van der Waals surface area contributed by atoms with Crippen LogP contribution in [0.1, 0.15) is 0 Å². The Morgan fingerprint density at radius 1 is 0.621 bits per heavy atom. The molecule has 0 aliphatic rings. The highest BCUT2D eigenvalue weighted by atomic mass is 16.5. The second-order valence-corrected chi connectivity index (χ2v) is 5.87. The summed E-state index contributed by atoms with van der Waals surface area (Å²) in [6, 6.07) is 9.03.